The average molecular weight is 323 g/mol. The zero-order valence-corrected chi connectivity index (χ0v) is 13.7. The molecule has 1 aromatic carbocycles. The van der Waals surface area contributed by atoms with Crippen LogP contribution < -0.4 is 0 Å². The molecule has 0 bridgehead atoms. The summed E-state index contributed by atoms with van der Waals surface area (Å²) in [6, 6.07) is 7.73. The van der Waals surface area contributed by atoms with Crippen LogP contribution in [0.15, 0.2) is 24.3 Å². The lowest BCUT2D eigenvalue weighted by atomic mass is 9.97. The Hall–Kier alpha value is -2.23. The largest absolute Gasteiger partial charge is 0.451 e. The smallest absolute Gasteiger partial charge is 0.339 e. The minimum absolute atomic E-state index is 0.0489. The van der Waals surface area contributed by atoms with Crippen LogP contribution in [0.1, 0.15) is 60.1 Å². The number of carbonyl (C=O) groups excluding carboxylic acids is 2. The van der Waals surface area contributed by atoms with Crippen molar-refractivity contribution < 1.29 is 14.3 Å². The summed E-state index contributed by atoms with van der Waals surface area (Å²) in [6.07, 6.45) is 6.51. The number of para-hydroxylation sites is 1. The highest BCUT2D eigenvalue weighted by Gasteiger charge is 2.30. The molecule has 1 heterocycles. The third-order valence-electron chi connectivity index (χ3n) is 5.12. The van der Waals surface area contributed by atoms with Gasteiger partial charge in [-0.25, -0.2) is 4.79 Å². The van der Waals surface area contributed by atoms with Gasteiger partial charge in [-0.1, -0.05) is 24.6 Å². The molecule has 2 aliphatic rings. The van der Waals surface area contributed by atoms with E-state index in [0.29, 0.717) is 18.4 Å². The molecular weight excluding hydrogens is 302 g/mol. The molecule has 1 fully saturated rings. The number of Topliss-reactive ketones (excluding diaryl/α,β-unsaturated/α-hetero) is 1. The van der Waals surface area contributed by atoms with Gasteiger partial charge >= 0.3 is 5.97 Å². The second kappa shape index (κ2) is 6.34. The number of hydrogen-bond donors (Lipinski definition) is 0. The summed E-state index contributed by atoms with van der Waals surface area (Å²) in [7, 11) is 0. The lowest BCUT2D eigenvalue weighted by Gasteiger charge is -2.16. The minimum atomic E-state index is -0.564. The maximum Gasteiger partial charge on any atom is 0.339 e. The molecule has 1 saturated carbocycles. The van der Waals surface area contributed by atoms with Gasteiger partial charge in [-0.15, -0.1) is 0 Å². The standard InChI is InChI=1S/C20H21NO3/c22-17-11-6-12-18(17)24-20(23)19-13-7-2-1-3-9-15(13)21-16-10-5-4-8-14(16)19/h4-5,8,10,18H,1-3,6-7,9,11-12H2. The molecule has 1 aromatic heterocycles. The molecule has 124 valence electrons. The highest BCUT2D eigenvalue weighted by atomic mass is 16.5. The number of esters is 1. The molecule has 0 N–H and O–H groups in total. The fourth-order valence-corrected chi connectivity index (χ4v) is 3.88. The molecule has 1 unspecified atom stereocenters. The van der Waals surface area contributed by atoms with Gasteiger partial charge < -0.3 is 4.74 Å². The van der Waals surface area contributed by atoms with Crippen LogP contribution in [0.4, 0.5) is 0 Å². The van der Waals surface area contributed by atoms with Crippen molar-refractivity contribution in [3.8, 4) is 0 Å². The molecule has 0 saturated heterocycles. The van der Waals surface area contributed by atoms with Crippen molar-refractivity contribution in [2.45, 2.75) is 57.5 Å². The molecule has 0 amide bonds. The van der Waals surface area contributed by atoms with Crippen molar-refractivity contribution in [2.75, 3.05) is 0 Å². The molecular formula is C20H21NO3. The lowest BCUT2D eigenvalue weighted by molar-refractivity contribution is -0.124. The first kappa shape index (κ1) is 15.3. The number of rotatable bonds is 2. The molecule has 2 aromatic rings. The Labute approximate surface area is 141 Å². The normalized spacial score (nSPS) is 20.7. The van der Waals surface area contributed by atoms with E-state index in [9.17, 15) is 9.59 Å². The van der Waals surface area contributed by atoms with E-state index in [4.69, 9.17) is 9.72 Å². The van der Waals surface area contributed by atoms with E-state index >= 15 is 0 Å². The molecule has 4 nitrogen and oxygen atoms in total. The summed E-state index contributed by atoms with van der Waals surface area (Å²) in [5.74, 6) is -0.306. The van der Waals surface area contributed by atoms with Crippen LogP contribution in [0.3, 0.4) is 0 Å². The van der Waals surface area contributed by atoms with E-state index in [2.05, 4.69) is 0 Å². The Balaban J connectivity index is 1.81. The van der Waals surface area contributed by atoms with Crippen LogP contribution in [-0.2, 0) is 22.4 Å². The van der Waals surface area contributed by atoms with Crippen molar-refractivity contribution >= 4 is 22.7 Å². The number of fused-ring (bicyclic) bond motifs is 2. The number of ether oxygens (including phenoxy) is 1. The number of benzene rings is 1. The van der Waals surface area contributed by atoms with Gasteiger partial charge in [0.1, 0.15) is 0 Å². The molecule has 0 radical (unpaired) electrons. The van der Waals surface area contributed by atoms with Gasteiger partial charge in [0.2, 0.25) is 0 Å². The van der Waals surface area contributed by atoms with E-state index in [1.54, 1.807) is 0 Å². The average Bonchev–Trinajstić information content (AvgIpc) is 2.84. The second-order valence-corrected chi connectivity index (χ2v) is 6.74. The zero-order chi connectivity index (χ0) is 16.5. The maximum atomic E-state index is 12.9. The molecule has 2 aliphatic carbocycles. The first-order chi connectivity index (χ1) is 11.7. The monoisotopic (exact) mass is 323 g/mol. The summed E-state index contributed by atoms with van der Waals surface area (Å²) in [4.78, 5) is 29.6. The summed E-state index contributed by atoms with van der Waals surface area (Å²) < 4.78 is 5.61. The summed E-state index contributed by atoms with van der Waals surface area (Å²) in [5.41, 5.74) is 3.53. The number of carbonyl (C=O) groups is 2. The SMILES string of the molecule is O=C(OC1CCCC1=O)c1c2c(nc3ccccc13)CCCCC2. The number of aromatic nitrogens is 1. The molecule has 4 heteroatoms. The third kappa shape index (κ3) is 2.70. The first-order valence-electron chi connectivity index (χ1n) is 8.88. The minimum Gasteiger partial charge on any atom is -0.451 e. The van der Waals surface area contributed by atoms with Crippen LogP contribution in [0.2, 0.25) is 0 Å². The fourth-order valence-electron chi connectivity index (χ4n) is 3.88. The van der Waals surface area contributed by atoms with Crippen LogP contribution in [0, 0.1) is 0 Å². The predicted molar refractivity (Wildman–Crippen MR) is 91.1 cm³/mol. The lowest BCUT2D eigenvalue weighted by Crippen LogP contribution is -2.23. The number of hydrogen-bond acceptors (Lipinski definition) is 4. The van der Waals surface area contributed by atoms with Gasteiger partial charge in [-0.05, 0) is 50.2 Å². The van der Waals surface area contributed by atoms with Crippen molar-refractivity contribution in [3.63, 3.8) is 0 Å². The molecule has 24 heavy (non-hydrogen) atoms. The molecule has 0 aliphatic heterocycles. The van der Waals surface area contributed by atoms with Gasteiger partial charge in [0.25, 0.3) is 0 Å². The van der Waals surface area contributed by atoms with Gasteiger partial charge in [0, 0.05) is 17.5 Å². The molecule has 1 atom stereocenters. The molecule has 4 rings (SSSR count). The first-order valence-corrected chi connectivity index (χ1v) is 8.88. The van der Waals surface area contributed by atoms with Crippen molar-refractivity contribution in [1.82, 2.24) is 4.98 Å². The number of ketones is 1. The van der Waals surface area contributed by atoms with E-state index < -0.39 is 6.10 Å². The zero-order valence-electron chi connectivity index (χ0n) is 13.7. The fraction of sp³-hybridized carbons (Fsp3) is 0.450. The van der Waals surface area contributed by atoms with E-state index in [-0.39, 0.29) is 11.8 Å². The van der Waals surface area contributed by atoms with Crippen LogP contribution >= 0.6 is 0 Å². The summed E-state index contributed by atoms with van der Waals surface area (Å²) in [5, 5.41) is 0.841. The van der Waals surface area contributed by atoms with Gasteiger partial charge in [-0.2, -0.15) is 0 Å². The second-order valence-electron chi connectivity index (χ2n) is 6.74. The Kier molecular flexibility index (Phi) is 4.05. The topological polar surface area (TPSA) is 56.3 Å². The van der Waals surface area contributed by atoms with Gasteiger partial charge in [0.15, 0.2) is 11.9 Å². The maximum absolute atomic E-state index is 12.9. The van der Waals surface area contributed by atoms with Crippen molar-refractivity contribution in [3.05, 3.63) is 41.1 Å². The Morgan fingerprint density at radius 1 is 1.04 bits per heavy atom. The Bertz CT molecular complexity index is 812. The summed E-state index contributed by atoms with van der Waals surface area (Å²) >= 11 is 0. The number of nitrogens with zero attached hydrogens (tertiary/aromatic N) is 1. The van der Waals surface area contributed by atoms with E-state index in [1.165, 1.54) is 0 Å². The van der Waals surface area contributed by atoms with Crippen LogP contribution in [-0.4, -0.2) is 22.8 Å². The highest BCUT2D eigenvalue weighted by molar-refractivity contribution is 6.06. The predicted octanol–water partition coefficient (Wildman–Crippen LogP) is 3.78. The van der Waals surface area contributed by atoms with Gasteiger partial charge in [-0.3, -0.25) is 9.78 Å². The van der Waals surface area contributed by atoms with Crippen LogP contribution in [0.5, 0.6) is 0 Å². The Morgan fingerprint density at radius 2 is 1.88 bits per heavy atom. The summed E-state index contributed by atoms with van der Waals surface area (Å²) in [6.45, 7) is 0. The van der Waals surface area contributed by atoms with Gasteiger partial charge in [0.05, 0.1) is 11.1 Å². The molecule has 0 spiro atoms. The Morgan fingerprint density at radius 3 is 2.71 bits per heavy atom. The third-order valence-corrected chi connectivity index (χ3v) is 5.12. The van der Waals surface area contributed by atoms with Crippen molar-refractivity contribution in [1.29, 1.82) is 0 Å². The van der Waals surface area contributed by atoms with Crippen molar-refractivity contribution in [2.24, 2.45) is 0 Å². The number of aryl methyl sites for hydroxylation is 1. The van der Waals surface area contributed by atoms with E-state index in [0.717, 1.165) is 60.7 Å². The van der Waals surface area contributed by atoms with Crippen LogP contribution in [0.25, 0.3) is 10.9 Å². The highest BCUT2D eigenvalue weighted by Crippen LogP contribution is 2.30. The quantitative estimate of drug-likeness (QED) is 0.623. The number of pyridine rings is 1. The van der Waals surface area contributed by atoms with E-state index in [1.807, 2.05) is 24.3 Å².